The summed E-state index contributed by atoms with van der Waals surface area (Å²) in [5, 5.41) is 0. The van der Waals surface area contributed by atoms with E-state index in [1.165, 1.54) is 44.7 Å². The van der Waals surface area contributed by atoms with E-state index in [1.54, 1.807) is 49.5 Å². The monoisotopic (exact) mass is 541 g/mol. The maximum atomic E-state index is 14.9. The van der Waals surface area contributed by atoms with E-state index < -0.39 is 29.0 Å². The third-order valence-electron chi connectivity index (χ3n) is 6.67. The number of alkyl halides is 1. The number of halogens is 3. The number of hydrogen-bond acceptors (Lipinski definition) is 4. The van der Waals surface area contributed by atoms with Crippen molar-refractivity contribution in [2.45, 2.75) is 84.2 Å². The summed E-state index contributed by atoms with van der Waals surface area (Å²) in [6.07, 6.45) is 10.4. The third kappa shape index (κ3) is 8.84. The molecule has 0 aliphatic rings. The van der Waals surface area contributed by atoms with Crippen LogP contribution in [0, 0.1) is 11.6 Å². The highest BCUT2D eigenvalue weighted by atomic mass is 19.1. The molecule has 0 saturated heterocycles. The van der Waals surface area contributed by atoms with Crippen molar-refractivity contribution < 1.29 is 27.4 Å². The predicted molar refractivity (Wildman–Crippen MR) is 149 cm³/mol. The number of carbonyl (C=O) groups excluding carboxylic acids is 1. The van der Waals surface area contributed by atoms with Gasteiger partial charge in [-0.3, -0.25) is 4.98 Å². The van der Waals surface area contributed by atoms with Gasteiger partial charge in [0.25, 0.3) is 0 Å². The zero-order valence-electron chi connectivity index (χ0n) is 23.1. The molecule has 0 amide bonds. The van der Waals surface area contributed by atoms with Crippen LogP contribution < -0.4 is 9.47 Å². The number of rotatable bonds is 15. The van der Waals surface area contributed by atoms with Crippen LogP contribution in [0.2, 0.25) is 0 Å². The number of nitrogens with zero attached hydrogens (tertiary/aromatic N) is 1. The summed E-state index contributed by atoms with van der Waals surface area (Å²) < 4.78 is 53.7. The Bertz CT molecular complexity index is 1170. The van der Waals surface area contributed by atoms with Crippen LogP contribution in [0.15, 0.2) is 54.7 Å². The molecule has 0 saturated carbocycles. The van der Waals surface area contributed by atoms with Crippen LogP contribution in [-0.2, 0) is 4.79 Å². The van der Waals surface area contributed by atoms with E-state index in [-0.39, 0.29) is 18.8 Å². The number of ether oxygens (including phenoxy) is 2. The second-order valence-electron chi connectivity index (χ2n) is 9.97. The average molecular weight is 542 g/mol. The summed E-state index contributed by atoms with van der Waals surface area (Å²) in [7, 11) is 0. The lowest BCUT2D eigenvalue weighted by Crippen LogP contribution is -2.34. The molecule has 0 spiro atoms. The Morgan fingerprint density at radius 2 is 1.41 bits per heavy atom. The molecule has 0 aliphatic carbocycles. The second-order valence-corrected chi connectivity index (χ2v) is 9.97. The van der Waals surface area contributed by atoms with Gasteiger partial charge >= 0.3 is 5.97 Å². The molecule has 0 N–H and O–H groups in total. The average Bonchev–Trinajstić information content (AvgIpc) is 2.92. The van der Waals surface area contributed by atoms with E-state index in [2.05, 4.69) is 11.9 Å². The van der Waals surface area contributed by atoms with Crippen LogP contribution in [0.4, 0.5) is 13.2 Å². The maximum absolute atomic E-state index is 14.9. The standard InChI is InChI=1S/C32H38F3NO3/c1-4-6-7-8-9-10-11-12-19-32(3,35)31(37)39-26-16-13-23(14-17-26)24-15-18-29(36-22-24)25-20-27(33)30(38-5-2)28(34)21-25/h13-18,20-22H,4-12,19H2,1-3H3/t32-/m0/s1. The highest BCUT2D eigenvalue weighted by molar-refractivity contribution is 5.81. The molecule has 0 fully saturated rings. The smallest absolute Gasteiger partial charge is 0.348 e. The number of unbranched alkanes of at least 4 members (excludes halogenated alkanes) is 7. The zero-order valence-corrected chi connectivity index (χ0v) is 23.1. The summed E-state index contributed by atoms with van der Waals surface area (Å²) >= 11 is 0. The van der Waals surface area contributed by atoms with Gasteiger partial charge in [0.15, 0.2) is 17.4 Å². The molecule has 4 nitrogen and oxygen atoms in total. The molecule has 0 aliphatic heterocycles. The largest absolute Gasteiger partial charge is 0.488 e. The van der Waals surface area contributed by atoms with E-state index in [1.807, 2.05) is 0 Å². The molecular formula is C32H38F3NO3. The minimum absolute atomic E-state index is 0.138. The van der Waals surface area contributed by atoms with E-state index in [9.17, 15) is 18.0 Å². The highest BCUT2D eigenvalue weighted by Crippen LogP contribution is 2.30. The molecule has 0 unspecified atom stereocenters. The highest BCUT2D eigenvalue weighted by Gasteiger charge is 2.34. The summed E-state index contributed by atoms with van der Waals surface area (Å²) in [6, 6.07) is 12.5. The Morgan fingerprint density at radius 3 is 1.97 bits per heavy atom. The van der Waals surface area contributed by atoms with Gasteiger partial charge in [0.2, 0.25) is 5.67 Å². The van der Waals surface area contributed by atoms with Gasteiger partial charge in [0.05, 0.1) is 12.3 Å². The van der Waals surface area contributed by atoms with E-state index >= 15 is 0 Å². The lowest BCUT2D eigenvalue weighted by Gasteiger charge is -2.18. The van der Waals surface area contributed by atoms with Gasteiger partial charge in [-0.25, -0.2) is 18.0 Å². The molecule has 7 heteroatoms. The Kier molecular flexibility index (Phi) is 11.4. The van der Waals surface area contributed by atoms with Crippen LogP contribution in [0.3, 0.4) is 0 Å². The lowest BCUT2D eigenvalue weighted by molar-refractivity contribution is -0.147. The first kappa shape index (κ1) is 30.2. The van der Waals surface area contributed by atoms with Crippen molar-refractivity contribution in [2.75, 3.05) is 6.61 Å². The molecule has 3 aromatic rings. The van der Waals surface area contributed by atoms with E-state index in [0.717, 1.165) is 30.4 Å². The Balaban J connectivity index is 1.54. The van der Waals surface area contributed by atoms with Crippen LogP contribution >= 0.6 is 0 Å². The molecule has 210 valence electrons. The fourth-order valence-corrected chi connectivity index (χ4v) is 4.35. The third-order valence-corrected chi connectivity index (χ3v) is 6.67. The topological polar surface area (TPSA) is 48.4 Å². The Labute approximate surface area is 229 Å². The van der Waals surface area contributed by atoms with Crippen molar-refractivity contribution in [3.63, 3.8) is 0 Å². The second kappa shape index (κ2) is 14.7. The van der Waals surface area contributed by atoms with Gasteiger partial charge in [-0.1, -0.05) is 70.1 Å². The summed E-state index contributed by atoms with van der Waals surface area (Å²) in [6.45, 7) is 5.28. The van der Waals surface area contributed by atoms with Crippen molar-refractivity contribution in [1.82, 2.24) is 4.98 Å². The number of benzene rings is 2. The van der Waals surface area contributed by atoms with E-state index in [4.69, 9.17) is 9.47 Å². The lowest BCUT2D eigenvalue weighted by atomic mass is 9.99. The Morgan fingerprint density at radius 1 is 0.821 bits per heavy atom. The first-order valence-corrected chi connectivity index (χ1v) is 13.8. The molecule has 3 rings (SSSR count). The Hall–Kier alpha value is -3.35. The number of hydrogen-bond donors (Lipinski definition) is 0. The van der Waals surface area contributed by atoms with Crippen molar-refractivity contribution in [1.29, 1.82) is 0 Å². The normalized spacial score (nSPS) is 12.7. The van der Waals surface area contributed by atoms with Gasteiger partial charge in [-0.05, 0) is 62.6 Å². The predicted octanol–water partition coefficient (Wildman–Crippen LogP) is 9.26. The van der Waals surface area contributed by atoms with Gasteiger partial charge in [0.1, 0.15) is 5.75 Å². The van der Waals surface area contributed by atoms with Crippen LogP contribution in [-0.4, -0.2) is 23.2 Å². The minimum atomic E-state index is -2.04. The zero-order chi connectivity index (χ0) is 28.3. The van der Waals surface area contributed by atoms with Gasteiger partial charge in [-0.2, -0.15) is 0 Å². The molecule has 0 radical (unpaired) electrons. The minimum Gasteiger partial charge on any atom is -0.488 e. The summed E-state index contributed by atoms with van der Waals surface area (Å²) in [4.78, 5) is 16.8. The number of carbonyl (C=O) groups is 1. The molecular weight excluding hydrogens is 503 g/mol. The molecule has 1 atom stereocenters. The van der Waals surface area contributed by atoms with Crippen LogP contribution in [0.25, 0.3) is 22.4 Å². The van der Waals surface area contributed by atoms with Crippen molar-refractivity contribution in [3.8, 4) is 33.9 Å². The fraction of sp³-hybridized carbons (Fsp3) is 0.438. The van der Waals surface area contributed by atoms with E-state index in [0.29, 0.717) is 17.7 Å². The molecule has 2 aromatic carbocycles. The number of pyridine rings is 1. The first-order valence-electron chi connectivity index (χ1n) is 13.8. The number of aromatic nitrogens is 1. The maximum Gasteiger partial charge on any atom is 0.348 e. The van der Waals surface area contributed by atoms with Crippen molar-refractivity contribution in [2.24, 2.45) is 0 Å². The quantitative estimate of drug-likeness (QED) is 0.109. The molecule has 39 heavy (non-hydrogen) atoms. The SMILES string of the molecule is CCCCCCCCCC[C@](C)(F)C(=O)Oc1ccc(-c2ccc(-c3cc(F)c(OCC)c(F)c3)nc2)cc1. The number of esters is 1. The first-order chi connectivity index (χ1) is 18.7. The molecule has 1 aromatic heterocycles. The van der Waals surface area contributed by atoms with Crippen LogP contribution in [0.5, 0.6) is 11.5 Å². The summed E-state index contributed by atoms with van der Waals surface area (Å²) in [5.74, 6) is -2.61. The van der Waals surface area contributed by atoms with Crippen molar-refractivity contribution >= 4 is 5.97 Å². The fourth-order valence-electron chi connectivity index (χ4n) is 4.35. The molecule has 1 heterocycles. The van der Waals surface area contributed by atoms with Gasteiger partial charge in [-0.15, -0.1) is 0 Å². The van der Waals surface area contributed by atoms with Crippen LogP contribution in [0.1, 0.15) is 78.6 Å². The summed E-state index contributed by atoms with van der Waals surface area (Å²) in [5.41, 5.74) is 0.209. The van der Waals surface area contributed by atoms with Crippen molar-refractivity contribution in [3.05, 3.63) is 66.4 Å². The van der Waals surface area contributed by atoms with Gasteiger partial charge < -0.3 is 9.47 Å². The van der Waals surface area contributed by atoms with Gasteiger partial charge in [0, 0.05) is 17.3 Å². The molecule has 0 bridgehead atoms.